The molecule has 27 heavy (non-hydrogen) atoms. The summed E-state index contributed by atoms with van der Waals surface area (Å²) in [6.45, 7) is 1.41. The second-order valence-corrected chi connectivity index (χ2v) is 6.76. The van der Waals surface area contributed by atoms with Gasteiger partial charge in [-0.05, 0) is 36.6 Å². The van der Waals surface area contributed by atoms with Gasteiger partial charge in [0.1, 0.15) is 0 Å². The minimum Gasteiger partial charge on any atom is -0.346 e. The Bertz CT molecular complexity index is 1050. The van der Waals surface area contributed by atoms with Gasteiger partial charge in [0.15, 0.2) is 0 Å². The summed E-state index contributed by atoms with van der Waals surface area (Å²) in [5, 5.41) is 9.98. The minimum atomic E-state index is 0.0102. The Labute approximate surface area is 158 Å². The molecule has 0 saturated heterocycles. The van der Waals surface area contributed by atoms with E-state index in [1.807, 2.05) is 53.6 Å². The smallest absolute Gasteiger partial charge is 0.250 e. The Morgan fingerprint density at radius 3 is 2.85 bits per heavy atom. The van der Waals surface area contributed by atoms with E-state index in [0.717, 1.165) is 41.5 Å². The molecule has 0 aliphatic carbocycles. The highest BCUT2D eigenvalue weighted by atomic mass is 16.2. The maximum absolute atomic E-state index is 12.8. The predicted octanol–water partition coefficient (Wildman–Crippen LogP) is 4.55. The summed E-state index contributed by atoms with van der Waals surface area (Å²) < 4.78 is 2.08. The molecule has 0 fully saturated rings. The monoisotopic (exact) mass is 355 g/mol. The van der Waals surface area contributed by atoms with Crippen LogP contribution in [0.25, 0.3) is 17.0 Å². The van der Waals surface area contributed by atoms with E-state index in [1.165, 1.54) is 5.56 Å². The summed E-state index contributed by atoms with van der Waals surface area (Å²) in [6, 6.07) is 18.4. The van der Waals surface area contributed by atoms with Crippen molar-refractivity contribution in [2.45, 2.75) is 25.8 Å². The molecule has 1 aromatic heterocycles. The van der Waals surface area contributed by atoms with Crippen LogP contribution in [0.4, 0.5) is 5.69 Å². The third-order valence-corrected chi connectivity index (χ3v) is 5.07. The zero-order chi connectivity index (χ0) is 18.6. The number of carbonyl (C=O) groups excluding carboxylic acids is 1. The molecule has 1 aliphatic heterocycles. The van der Waals surface area contributed by atoms with Gasteiger partial charge in [0.05, 0.1) is 12.5 Å². The summed E-state index contributed by atoms with van der Waals surface area (Å²) in [5.74, 6) is 0.0102. The molecule has 4 rings (SSSR count). The zero-order valence-corrected chi connectivity index (χ0v) is 15.1. The number of carbonyl (C=O) groups is 1. The van der Waals surface area contributed by atoms with Crippen LogP contribution < -0.4 is 4.90 Å². The summed E-state index contributed by atoms with van der Waals surface area (Å²) >= 11 is 0. The molecule has 2 aromatic carbocycles. The largest absolute Gasteiger partial charge is 0.346 e. The van der Waals surface area contributed by atoms with Crippen molar-refractivity contribution in [2.24, 2.45) is 0 Å². The van der Waals surface area contributed by atoms with E-state index >= 15 is 0 Å². The van der Waals surface area contributed by atoms with Gasteiger partial charge in [-0.25, -0.2) is 0 Å². The minimum absolute atomic E-state index is 0.0102. The first kappa shape index (κ1) is 17.1. The van der Waals surface area contributed by atoms with Crippen molar-refractivity contribution in [3.8, 4) is 6.07 Å². The Balaban J connectivity index is 1.62. The van der Waals surface area contributed by atoms with E-state index in [0.29, 0.717) is 13.0 Å². The first-order valence-electron chi connectivity index (χ1n) is 9.30. The van der Waals surface area contributed by atoms with E-state index in [1.54, 1.807) is 6.08 Å². The fourth-order valence-corrected chi connectivity index (χ4v) is 3.78. The molecule has 4 heteroatoms. The van der Waals surface area contributed by atoms with Crippen LogP contribution in [-0.2, 0) is 17.8 Å². The summed E-state index contributed by atoms with van der Waals surface area (Å²) in [5.41, 5.74) is 4.35. The molecular weight excluding hydrogens is 334 g/mol. The highest BCUT2D eigenvalue weighted by molar-refractivity contribution is 6.05. The molecule has 0 atom stereocenters. The van der Waals surface area contributed by atoms with Crippen LogP contribution in [0.2, 0.25) is 0 Å². The Kier molecular flexibility index (Phi) is 4.76. The van der Waals surface area contributed by atoms with Crippen molar-refractivity contribution in [2.75, 3.05) is 11.4 Å². The van der Waals surface area contributed by atoms with E-state index in [2.05, 4.69) is 22.8 Å². The van der Waals surface area contributed by atoms with Gasteiger partial charge in [-0.3, -0.25) is 4.79 Å². The maximum atomic E-state index is 12.8. The van der Waals surface area contributed by atoms with Crippen LogP contribution in [0.15, 0.2) is 60.8 Å². The van der Waals surface area contributed by atoms with E-state index < -0.39 is 0 Å². The van der Waals surface area contributed by atoms with Crippen LogP contribution in [0, 0.1) is 11.3 Å². The lowest BCUT2D eigenvalue weighted by atomic mass is 10.0. The standard InChI is InChI=1S/C23H21N3O/c24-14-6-15-25-17-19(20-9-2-4-11-22(20)25)12-13-23(27)26-16-5-8-18-7-1-3-10-21(18)26/h1-4,7,9-13,17H,5-6,8,15-16H2/b13-12+. The lowest BCUT2D eigenvalue weighted by Crippen LogP contribution is -2.34. The van der Waals surface area contributed by atoms with Gasteiger partial charge in [0.25, 0.3) is 5.91 Å². The van der Waals surface area contributed by atoms with Crippen LogP contribution in [0.5, 0.6) is 0 Å². The number of hydrogen-bond donors (Lipinski definition) is 0. The lowest BCUT2D eigenvalue weighted by molar-refractivity contribution is -0.114. The topological polar surface area (TPSA) is 49.0 Å². The fraction of sp³-hybridized carbons (Fsp3) is 0.217. The first-order valence-corrected chi connectivity index (χ1v) is 9.30. The Hall–Kier alpha value is -3.32. The average Bonchev–Trinajstić information content (AvgIpc) is 3.08. The number of aryl methyl sites for hydroxylation is 2. The SMILES string of the molecule is N#CCCn1cc(/C=C/C(=O)N2CCCc3ccccc32)c2ccccc21. The molecule has 0 unspecified atom stereocenters. The van der Waals surface area contributed by atoms with Crippen molar-refractivity contribution in [3.05, 3.63) is 71.9 Å². The molecule has 0 radical (unpaired) electrons. The second-order valence-electron chi connectivity index (χ2n) is 6.76. The molecule has 0 saturated carbocycles. The van der Waals surface area contributed by atoms with Crippen molar-refractivity contribution in [1.29, 1.82) is 5.26 Å². The molecule has 3 aromatic rings. The predicted molar refractivity (Wildman–Crippen MR) is 108 cm³/mol. The van der Waals surface area contributed by atoms with Gasteiger partial charge < -0.3 is 9.47 Å². The molecule has 0 bridgehead atoms. The summed E-state index contributed by atoms with van der Waals surface area (Å²) in [4.78, 5) is 14.7. The molecule has 1 amide bonds. The zero-order valence-electron chi connectivity index (χ0n) is 15.1. The fourth-order valence-electron chi connectivity index (χ4n) is 3.78. The Morgan fingerprint density at radius 2 is 1.96 bits per heavy atom. The van der Waals surface area contributed by atoms with Crippen LogP contribution in [0.3, 0.4) is 0 Å². The van der Waals surface area contributed by atoms with Gasteiger partial charge in [-0.1, -0.05) is 36.4 Å². The number of nitrogens with zero attached hydrogens (tertiary/aromatic N) is 3. The number of para-hydroxylation sites is 2. The number of hydrogen-bond acceptors (Lipinski definition) is 2. The van der Waals surface area contributed by atoms with Crippen molar-refractivity contribution >= 4 is 28.6 Å². The van der Waals surface area contributed by atoms with Gasteiger partial charge in [-0.2, -0.15) is 5.26 Å². The molecule has 4 nitrogen and oxygen atoms in total. The normalized spacial score (nSPS) is 13.7. The molecule has 1 aliphatic rings. The quantitative estimate of drug-likeness (QED) is 0.645. The first-order chi connectivity index (χ1) is 13.3. The molecule has 2 heterocycles. The summed E-state index contributed by atoms with van der Waals surface area (Å²) in [6.07, 6.45) is 8.06. The van der Waals surface area contributed by atoms with Gasteiger partial charge in [0, 0.05) is 47.5 Å². The number of nitriles is 1. The summed E-state index contributed by atoms with van der Waals surface area (Å²) in [7, 11) is 0. The highest BCUT2D eigenvalue weighted by Crippen LogP contribution is 2.27. The molecular formula is C23H21N3O. The third kappa shape index (κ3) is 3.37. The number of aromatic nitrogens is 1. The molecule has 0 N–H and O–H groups in total. The highest BCUT2D eigenvalue weighted by Gasteiger charge is 2.20. The second kappa shape index (κ2) is 7.51. The maximum Gasteiger partial charge on any atom is 0.250 e. The van der Waals surface area contributed by atoms with E-state index in [-0.39, 0.29) is 5.91 Å². The van der Waals surface area contributed by atoms with Crippen LogP contribution >= 0.6 is 0 Å². The number of rotatable bonds is 4. The number of amides is 1. The molecule has 0 spiro atoms. The number of benzene rings is 2. The van der Waals surface area contributed by atoms with Crippen LogP contribution in [-0.4, -0.2) is 17.0 Å². The van der Waals surface area contributed by atoms with Crippen molar-refractivity contribution in [3.63, 3.8) is 0 Å². The van der Waals surface area contributed by atoms with E-state index in [9.17, 15) is 4.79 Å². The van der Waals surface area contributed by atoms with Crippen molar-refractivity contribution in [1.82, 2.24) is 4.57 Å². The number of anilines is 1. The van der Waals surface area contributed by atoms with Crippen molar-refractivity contribution < 1.29 is 4.79 Å². The lowest BCUT2D eigenvalue weighted by Gasteiger charge is -2.28. The van der Waals surface area contributed by atoms with E-state index in [4.69, 9.17) is 5.26 Å². The van der Waals surface area contributed by atoms with Crippen LogP contribution in [0.1, 0.15) is 24.0 Å². The number of fused-ring (bicyclic) bond motifs is 2. The molecule has 134 valence electrons. The van der Waals surface area contributed by atoms with Gasteiger partial charge in [0.2, 0.25) is 0 Å². The van der Waals surface area contributed by atoms with Gasteiger partial charge >= 0.3 is 0 Å². The average molecular weight is 355 g/mol. The van der Waals surface area contributed by atoms with Gasteiger partial charge in [-0.15, -0.1) is 0 Å². The third-order valence-electron chi connectivity index (χ3n) is 5.07. The Morgan fingerprint density at radius 1 is 1.15 bits per heavy atom.